The van der Waals surface area contributed by atoms with Crippen molar-refractivity contribution in [1.29, 1.82) is 0 Å². The maximum Gasteiger partial charge on any atom is 0.408 e. The number of alkyl carbamates (subject to hydrolysis) is 2. The van der Waals surface area contributed by atoms with E-state index >= 15 is 0 Å². The highest BCUT2D eigenvalue weighted by atomic mass is 16.6. The van der Waals surface area contributed by atoms with Gasteiger partial charge >= 0.3 is 12.2 Å². The van der Waals surface area contributed by atoms with Crippen LogP contribution in [0.1, 0.15) is 45.6 Å². The predicted octanol–water partition coefficient (Wildman–Crippen LogP) is 1.84. The van der Waals surface area contributed by atoms with Gasteiger partial charge < -0.3 is 30.7 Å². The highest BCUT2D eigenvalue weighted by Gasteiger charge is 2.21. The summed E-state index contributed by atoms with van der Waals surface area (Å²) in [5, 5.41) is 10.1. The molecule has 0 saturated carbocycles. The molecule has 10 heteroatoms. The van der Waals surface area contributed by atoms with E-state index in [1.807, 2.05) is 30.3 Å². The first-order valence-corrected chi connectivity index (χ1v) is 11.0. The molecule has 0 aliphatic rings. The summed E-state index contributed by atoms with van der Waals surface area (Å²) < 4.78 is 10.2. The number of hydrogen-bond acceptors (Lipinski definition) is 6. The molecule has 0 bridgehead atoms. The number of terminal acetylenes is 1. The Morgan fingerprint density at radius 2 is 1.71 bits per heavy atom. The van der Waals surface area contributed by atoms with E-state index in [-0.39, 0.29) is 19.7 Å². The molecule has 1 aromatic carbocycles. The largest absolute Gasteiger partial charge is 0.445 e. The van der Waals surface area contributed by atoms with E-state index in [1.165, 1.54) is 0 Å². The highest BCUT2D eigenvalue weighted by Crippen LogP contribution is 2.06. The normalized spacial score (nSPS) is 11.4. The molecule has 0 spiro atoms. The van der Waals surface area contributed by atoms with Gasteiger partial charge in [-0.25, -0.2) is 9.59 Å². The second-order valence-corrected chi connectivity index (χ2v) is 8.38. The molecule has 0 aromatic heterocycles. The zero-order valence-electron chi connectivity index (χ0n) is 19.9. The summed E-state index contributed by atoms with van der Waals surface area (Å²) in [6.45, 7) is 5.32. The lowest BCUT2D eigenvalue weighted by Gasteiger charge is -2.20. The summed E-state index contributed by atoms with van der Waals surface area (Å²) in [5.74, 6) is 1.32. The molecule has 10 nitrogen and oxygen atoms in total. The molecule has 4 amide bonds. The Balaban J connectivity index is 2.38. The third kappa shape index (κ3) is 13.6. The molecule has 4 N–H and O–H groups in total. The van der Waals surface area contributed by atoms with Gasteiger partial charge in [-0.3, -0.25) is 9.59 Å². The minimum atomic E-state index is -0.841. The number of nitrogens with one attached hydrogen (secondary N) is 4. The Bertz CT molecular complexity index is 845. The van der Waals surface area contributed by atoms with Crippen LogP contribution in [0.3, 0.4) is 0 Å². The summed E-state index contributed by atoms with van der Waals surface area (Å²) in [7, 11) is 0. The summed E-state index contributed by atoms with van der Waals surface area (Å²) in [6.07, 6.45) is 5.32. The molecular formula is C24H34N4O6. The van der Waals surface area contributed by atoms with Crippen LogP contribution in [0.25, 0.3) is 0 Å². The predicted molar refractivity (Wildman–Crippen MR) is 126 cm³/mol. The van der Waals surface area contributed by atoms with Gasteiger partial charge in [-0.15, -0.1) is 6.42 Å². The zero-order valence-corrected chi connectivity index (χ0v) is 19.9. The maximum atomic E-state index is 12.3. The first-order valence-electron chi connectivity index (χ1n) is 11.0. The molecule has 0 radical (unpaired) electrons. The second-order valence-electron chi connectivity index (χ2n) is 8.38. The van der Waals surface area contributed by atoms with Crippen LogP contribution in [0.2, 0.25) is 0 Å². The number of ether oxygens (including phenoxy) is 2. The summed E-state index contributed by atoms with van der Waals surface area (Å²) in [5.41, 5.74) is 0.190. The smallest absolute Gasteiger partial charge is 0.408 e. The van der Waals surface area contributed by atoms with Gasteiger partial charge in [0.2, 0.25) is 11.8 Å². The molecule has 0 saturated heterocycles. The van der Waals surface area contributed by atoms with Gasteiger partial charge in [-0.2, -0.15) is 0 Å². The van der Waals surface area contributed by atoms with Crippen LogP contribution in [-0.4, -0.2) is 55.3 Å². The number of hydrogen-bond donors (Lipinski definition) is 4. The van der Waals surface area contributed by atoms with Gasteiger partial charge in [-0.05, 0) is 45.6 Å². The van der Waals surface area contributed by atoms with Crippen molar-refractivity contribution in [2.45, 2.75) is 58.3 Å². The second kappa shape index (κ2) is 15.2. The van der Waals surface area contributed by atoms with Gasteiger partial charge in [0.05, 0.1) is 6.54 Å². The number of rotatable bonds is 12. The Kier molecular flexibility index (Phi) is 12.6. The molecule has 34 heavy (non-hydrogen) atoms. The molecule has 0 fully saturated rings. The fourth-order valence-corrected chi connectivity index (χ4v) is 2.68. The highest BCUT2D eigenvalue weighted by molar-refractivity contribution is 5.89. The van der Waals surface area contributed by atoms with Crippen molar-refractivity contribution in [3.05, 3.63) is 35.9 Å². The van der Waals surface area contributed by atoms with E-state index in [4.69, 9.17) is 15.9 Å². The van der Waals surface area contributed by atoms with Crippen molar-refractivity contribution in [3.8, 4) is 12.3 Å². The Labute approximate surface area is 200 Å². The Hall–Kier alpha value is -3.74. The quantitative estimate of drug-likeness (QED) is 0.270. The molecular weight excluding hydrogens is 440 g/mol. The van der Waals surface area contributed by atoms with Gasteiger partial charge in [0, 0.05) is 6.54 Å². The number of amides is 4. The van der Waals surface area contributed by atoms with E-state index in [0.717, 1.165) is 5.56 Å². The van der Waals surface area contributed by atoms with Crippen LogP contribution in [0.4, 0.5) is 9.59 Å². The average Bonchev–Trinajstić information content (AvgIpc) is 2.78. The van der Waals surface area contributed by atoms with Crippen molar-refractivity contribution in [1.82, 2.24) is 21.3 Å². The Morgan fingerprint density at radius 3 is 2.35 bits per heavy atom. The lowest BCUT2D eigenvalue weighted by atomic mass is 10.1. The van der Waals surface area contributed by atoms with Crippen molar-refractivity contribution < 1.29 is 28.7 Å². The van der Waals surface area contributed by atoms with Gasteiger partial charge in [0.25, 0.3) is 0 Å². The van der Waals surface area contributed by atoms with Gasteiger partial charge in [0.15, 0.2) is 0 Å². The van der Waals surface area contributed by atoms with Crippen LogP contribution in [0.5, 0.6) is 0 Å². The van der Waals surface area contributed by atoms with Gasteiger partial charge in [0.1, 0.15) is 24.8 Å². The number of benzene rings is 1. The molecule has 0 unspecified atom stereocenters. The SMILES string of the molecule is C#CCNC(=O)[C@H](CCCCNC(=O)OCc1ccccc1)NC(=O)CNC(=O)OC(C)(C)C. The standard InChI is InChI=1S/C24H34N4O6/c1-5-14-25-21(30)19(28-20(29)16-27-23(32)34-24(2,3)4)13-9-10-15-26-22(31)33-17-18-11-7-6-8-12-18/h1,6-8,11-12,19H,9-10,13-17H2,2-4H3,(H,25,30)(H,26,31)(H,27,32)(H,28,29)/t19-/m0/s1. The third-order valence-corrected chi connectivity index (χ3v) is 4.21. The number of carbonyl (C=O) groups excluding carboxylic acids is 4. The molecule has 1 rings (SSSR count). The average molecular weight is 475 g/mol. The first kappa shape index (κ1) is 28.3. The topological polar surface area (TPSA) is 135 Å². The van der Waals surface area contributed by atoms with E-state index in [2.05, 4.69) is 27.2 Å². The number of unbranched alkanes of at least 4 members (excludes halogenated alkanes) is 1. The van der Waals surface area contributed by atoms with E-state index < -0.39 is 35.6 Å². The van der Waals surface area contributed by atoms with Crippen molar-refractivity contribution in [2.75, 3.05) is 19.6 Å². The molecule has 1 atom stereocenters. The molecule has 1 aromatic rings. The van der Waals surface area contributed by atoms with Crippen LogP contribution in [0.15, 0.2) is 30.3 Å². The molecule has 0 aliphatic carbocycles. The van der Waals surface area contributed by atoms with Crippen molar-refractivity contribution >= 4 is 24.0 Å². The minimum Gasteiger partial charge on any atom is -0.445 e. The molecule has 0 aliphatic heterocycles. The fourth-order valence-electron chi connectivity index (χ4n) is 2.68. The van der Waals surface area contributed by atoms with Crippen LogP contribution < -0.4 is 21.3 Å². The lowest BCUT2D eigenvalue weighted by Crippen LogP contribution is -2.49. The van der Waals surface area contributed by atoms with Crippen LogP contribution in [-0.2, 0) is 25.7 Å². The van der Waals surface area contributed by atoms with Crippen molar-refractivity contribution in [3.63, 3.8) is 0 Å². The number of carbonyl (C=O) groups is 4. The fraction of sp³-hybridized carbons (Fsp3) is 0.500. The third-order valence-electron chi connectivity index (χ3n) is 4.21. The summed E-state index contributed by atoms with van der Waals surface area (Å²) in [4.78, 5) is 48.0. The minimum absolute atomic E-state index is 0.0240. The summed E-state index contributed by atoms with van der Waals surface area (Å²) in [6, 6.07) is 8.47. The van der Waals surface area contributed by atoms with Crippen LogP contribution in [0, 0.1) is 12.3 Å². The van der Waals surface area contributed by atoms with E-state index in [1.54, 1.807) is 20.8 Å². The van der Waals surface area contributed by atoms with Gasteiger partial charge in [-0.1, -0.05) is 36.3 Å². The molecule has 186 valence electrons. The van der Waals surface area contributed by atoms with Crippen molar-refractivity contribution in [2.24, 2.45) is 0 Å². The van der Waals surface area contributed by atoms with E-state index in [9.17, 15) is 19.2 Å². The zero-order chi connectivity index (χ0) is 25.4. The summed E-state index contributed by atoms with van der Waals surface area (Å²) >= 11 is 0. The molecule has 0 heterocycles. The first-order chi connectivity index (χ1) is 16.1. The maximum absolute atomic E-state index is 12.3. The van der Waals surface area contributed by atoms with E-state index in [0.29, 0.717) is 25.8 Å². The monoisotopic (exact) mass is 474 g/mol. The Morgan fingerprint density at radius 1 is 1.00 bits per heavy atom. The lowest BCUT2D eigenvalue weighted by molar-refractivity contribution is -0.128. The van der Waals surface area contributed by atoms with Crippen LogP contribution >= 0.6 is 0 Å².